The highest BCUT2D eigenvalue weighted by molar-refractivity contribution is 6.00. The van der Waals surface area contributed by atoms with Gasteiger partial charge < -0.3 is 24.1 Å². The van der Waals surface area contributed by atoms with E-state index in [0.717, 1.165) is 0 Å². The third kappa shape index (κ3) is 6.57. The molecule has 7 rings (SSSR count). The number of ether oxygens (including phenoxy) is 4. The van der Waals surface area contributed by atoms with Crippen LogP contribution in [0.15, 0.2) is 77.9 Å². The largest absolute Gasteiger partial charge is 0.493 e. The van der Waals surface area contributed by atoms with Gasteiger partial charge in [-0.1, -0.05) is 6.07 Å². The number of Topliss-reactive ketones (excluding diaryl/α,β-unsaturated/α-hetero) is 1. The van der Waals surface area contributed by atoms with E-state index >= 15 is 4.39 Å². The van der Waals surface area contributed by atoms with Crippen molar-refractivity contribution in [3.63, 3.8) is 0 Å². The van der Waals surface area contributed by atoms with E-state index in [1.165, 1.54) is 48.1 Å². The van der Waals surface area contributed by atoms with Gasteiger partial charge in [0.1, 0.15) is 29.5 Å². The van der Waals surface area contributed by atoms with Crippen LogP contribution in [0.2, 0.25) is 0 Å². The van der Waals surface area contributed by atoms with Crippen molar-refractivity contribution in [3.05, 3.63) is 112 Å². The molecule has 5 aromatic rings. The molecule has 0 bridgehead atoms. The van der Waals surface area contributed by atoms with E-state index in [1.807, 2.05) is 0 Å². The first-order valence-electron chi connectivity index (χ1n) is 15.8. The maximum absolute atomic E-state index is 15.5. The lowest BCUT2D eigenvalue weighted by Crippen LogP contribution is -2.60. The van der Waals surface area contributed by atoms with Gasteiger partial charge in [0.05, 0.1) is 24.8 Å². The minimum Gasteiger partial charge on any atom is -0.493 e. The third-order valence-electron chi connectivity index (χ3n) is 8.60. The molecule has 2 aliphatic rings. The highest BCUT2D eigenvalue weighted by atomic mass is 19.1. The SMILES string of the molecule is COc1cc2c(Oc3ccc(CC(=O)c4c5c(cn(-c6ccc(F)cc6)c4=O)CCO5)cc3F)ccnc2cc1OCCN1CC(C)(O)C1. The zero-order valence-corrected chi connectivity index (χ0v) is 26.9. The Labute approximate surface area is 280 Å². The van der Waals surface area contributed by atoms with E-state index in [2.05, 4.69) is 9.88 Å². The second-order valence-corrected chi connectivity index (χ2v) is 12.5. The van der Waals surface area contributed by atoms with Crippen LogP contribution in [-0.2, 0) is 12.8 Å². The molecule has 1 fully saturated rings. The molecule has 0 amide bonds. The number of likely N-dealkylation sites (tertiary alicyclic amines) is 1. The molecule has 0 atom stereocenters. The van der Waals surface area contributed by atoms with E-state index < -0.39 is 28.6 Å². The van der Waals surface area contributed by atoms with Crippen LogP contribution in [0.4, 0.5) is 8.78 Å². The van der Waals surface area contributed by atoms with Gasteiger partial charge >= 0.3 is 0 Å². The Morgan fingerprint density at radius 1 is 1.02 bits per heavy atom. The molecule has 0 unspecified atom stereocenters. The Kier molecular flexibility index (Phi) is 8.51. The van der Waals surface area contributed by atoms with Crippen molar-refractivity contribution in [1.82, 2.24) is 14.5 Å². The second kappa shape index (κ2) is 12.9. The predicted molar refractivity (Wildman–Crippen MR) is 177 cm³/mol. The highest BCUT2D eigenvalue weighted by Gasteiger charge is 2.36. The van der Waals surface area contributed by atoms with Crippen molar-refractivity contribution in [1.29, 1.82) is 0 Å². The summed E-state index contributed by atoms with van der Waals surface area (Å²) in [7, 11) is 1.52. The summed E-state index contributed by atoms with van der Waals surface area (Å²) in [5, 5.41) is 10.5. The molecule has 0 saturated carbocycles. The number of halogens is 2. The number of carbonyl (C=O) groups excluding carboxylic acids is 1. The Morgan fingerprint density at radius 3 is 2.55 bits per heavy atom. The summed E-state index contributed by atoms with van der Waals surface area (Å²) in [6.07, 6.45) is 3.39. The Bertz CT molecular complexity index is 2120. The van der Waals surface area contributed by atoms with Gasteiger partial charge in [0.25, 0.3) is 5.56 Å². The molecule has 0 radical (unpaired) electrons. The number of ketones is 1. The van der Waals surface area contributed by atoms with Gasteiger partial charge in [-0.15, -0.1) is 0 Å². The Morgan fingerprint density at radius 2 is 1.82 bits per heavy atom. The van der Waals surface area contributed by atoms with Crippen molar-refractivity contribution >= 4 is 16.7 Å². The summed E-state index contributed by atoms with van der Waals surface area (Å²) >= 11 is 0. The van der Waals surface area contributed by atoms with Gasteiger partial charge in [-0.25, -0.2) is 8.78 Å². The number of aromatic nitrogens is 2. The first-order chi connectivity index (χ1) is 23.6. The van der Waals surface area contributed by atoms with Crippen LogP contribution in [0.25, 0.3) is 16.6 Å². The van der Waals surface area contributed by atoms with Gasteiger partial charge in [-0.3, -0.25) is 24.0 Å². The van der Waals surface area contributed by atoms with Crippen LogP contribution in [0.5, 0.6) is 28.7 Å². The fourth-order valence-electron chi connectivity index (χ4n) is 6.28. The van der Waals surface area contributed by atoms with Gasteiger partial charge in [0.2, 0.25) is 0 Å². The minimum atomic E-state index is -0.703. The predicted octanol–water partition coefficient (Wildman–Crippen LogP) is 5.27. The van der Waals surface area contributed by atoms with Gasteiger partial charge in [-0.05, 0) is 61.0 Å². The third-order valence-corrected chi connectivity index (χ3v) is 8.60. The number of hydrogen-bond acceptors (Lipinski definition) is 9. The van der Waals surface area contributed by atoms with Crippen LogP contribution >= 0.6 is 0 Å². The van der Waals surface area contributed by atoms with Crippen LogP contribution < -0.4 is 24.5 Å². The van der Waals surface area contributed by atoms with E-state index in [1.54, 1.807) is 43.6 Å². The Hall–Kier alpha value is -5.33. The molecular formula is C37H33F2N3O7. The quantitative estimate of drug-likeness (QED) is 0.188. The van der Waals surface area contributed by atoms with Crippen LogP contribution in [-0.4, -0.2) is 70.9 Å². The standard InChI is InChI=1S/C37H33F2N3O7/c1-37(45)20-41(21-37)12-14-47-33-18-28-26(17-32(33)46-2)30(9-11-40-28)49-31-8-3-22(15-27(31)39)16-29(43)34-35-23(10-13-48-35)19-42(36(34)44)25-6-4-24(38)5-7-25/h3-9,11,15,17-19,45H,10,12-14,16,20-21H2,1-2H3. The van der Waals surface area contributed by atoms with Crippen LogP contribution in [0.3, 0.4) is 0 Å². The number of benzene rings is 3. The fourth-order valence-corrected chi connectivity index (χ4v) is 6.28. The monoisotopic (exact) mass is 669 g/mol. The lowest BCUT2D eigenvalue weighted by Gasteiger charge is -2.44. The van der Waals surface area contributed by atoms with Gasteiger partial charge in [0.15, 0.2) is 28.8 Å². The number of fused-ring (bicyclic) bond motifs is 2. The van der Waals surface area contributed by atoms with Crippen molar-refractivity contribution in [2.75, 3.05) is 40.0 Å². The lowest BCUT2D eigenvalue weighted by atomic mass is 9.97. The molecule has 49 heavy (non-hydrogen) atoms. The Balaban J connectivity index is 1.09. The smallest absolute Gasteiger partial charge is 0.269 e. The number of hydrogen-bond donors (Lipinski definition) is 1. The second-order valence-electron chi connectivity index (χ2n) is 12.5. The topological polar surface area (TPSA) is 112 Å². The normalized spacial score (nSPS) is 15.0. The van der Waals surface area contributed by atoms with E-state index in [-0.39, 0.29) is 23.5 Å². The number of nitrogens with zero attached hydrogens (tertiary/aromatic N) is 3. The summed E-state index contributed by atoms with van der Waals surface area (Å²) in [5.41, 5.74) is 0.588. The molecule has 1 N–H and O–H groups in total. The molecule has 2 aliphatic heterocycles. The number of pyridine rings is 2. The summed E-state index contributed by atoms with van der Waals surface area (Å²) in [6.45, 7) is 4.32. The van der Waals surface area contributed by atoms with E-state index in [0.29, 0.717) is 84.2 Å². The molecule has 0 spiro atoms. The first-order valence-corrected chi connectivity index (χ1v) is 15.8. The zero-order chi connectivity index (χ0) is 34.3. The molecular weight excluding hydrogens is 636 g/mol. The molecule has 12 heteroatoms. The van der Waals surface area contributed by atoms with Crippen molar-refractivity contribution in [2.45, 2.75) is 25.4 Å². The van der Waals surface area contributed by atoms with Gasteiger partial charge in [-0.2, -0.15) is 0 Å². The summed E-state index contributed by atoms with van der Waals surface area (Å²) < 4.78 is 53.5. The molecule has 0 aliphatic carbocycles. The first kappa shape index (κ1) is 32.2. The number of carbonyl (C=O) groups is 1. The molecule has 252 valence electrons. The van der Waals surface area contributed by atoms with Crippen LogP contribution in [0, 0.1) is 11.6 Å². The molecule has 10 nitrogen and oxygen atoms in total. The summed E-state index contributed by atoms with van der Waals surface area (Å²) in [6, 6.07) is 14.6. The number of aliphatic hydroxyl groups is 1. The van der Waals surface area contributed by atoms with Crippen molar-refractivity contribution in [2.24, 2.45) is 0 Å². The average Bonchev–Trinajstić information content (AvgIpc) is 3.53. The highest BCUT2D eigenvalue weighted by Crippen LogP contribution is 2.38. The minimum absolute atomic E-state index is 0.0731. The molecule has 2 aromatic heterocycles. The van der Waals surface area contributed by atoms with E-state index in [4.69, 9.17) is 18.9 Å². The molecule has 4 heterocycles. The lowest BCUT2D eigenvalue weighted by molar-refractivity contribution is -0.0859. The van der Waals surface area contributed by atoms with Gasteiger partial charge in [0, 0.05) is 67.6 Å². The molecule has 1 saturated heterocycles. The number of β-amino-alcohol motifs (C(OH)–C–C–N with tert-alkyl or cyclic N) is 1. The average molecular weight is 670 g/mol. The fraction of sp³-hybridized carbons (Fsp3) is 0.270. The van der Waals surface area contributed by atoms with E-state index in [9.17, 15) is 19.1 Å². The maximum Gasteiger partial charge on any atom is 0.269 e. The number of rotatable bonds is 11. The summed E-state index contributed by atoms with van der Waals surface area (Å²) in [5.74, 6) is -0.257. The maximum atomic E-state index is 15.5. The zero-order valence-electron chi connectivity index (χ0n) is 26.9. The molecule has 3 aromatic carbocycles. The number of methoxy groups -OCH3 is 1. The summed E-state index contributed by atoms with van der Waals surface area (Å²) in [4.78, 5) is 33.6. The van der Waals surface area contributed by atoms with Crippen molar-refractivity contribution < 1.29 is 37.6 Å². The van der Waals surface area contributed by atoms with Crippen molar-refractivity contribution in [3.8, 4) is 34.4 Å². The van der Waals surface area contributed by atoms with Crippen LogP contribution in [0.1, 0.15) is 28.4 Å².